The summed E-state index contributed by atoms with van der Waals surface area (Å²) in [5, 5.41) is 9.83. The molecule has 112 valence electrons. The van der Waals surface area contributed by atoms with Gasteiger partial charge in [-0.2, -0.15) is 0 Å². The molecule has 1 atom stereocenters. The Bertz CT molecular complexity index is 509. The smallest absolute Gasteiger partial charge is 0.119 e. The molecule has 2 aromatic rings. The van der Waals surface area contributed by atoms with Crippen LogP contribution in [0.3, 0.4) is 0 Å². The number of nitrogens with two attached hydrogens (primary N) is 1. The van der Waals surface area contributed by atoms with E-state index in [0.717, 1.165) is 24.2 Å². The van der Waals surface area contributed by atoms with Crippen molar-refractivity contribution in [1.29, 1.82) is 0 Å². The molecule has 0 aliphatic heterocycles. The quantitative estimate of drug-likeness (QED) is 0.733. The maximum Gasteiger partial charge on any atom is 0.119 e. The maximum absolute atomic E-state index is 9.83. The Hall–Kier alpha value is -1.84. The molecule has 0 saturated carbocycles. The van der Waals surface area contributed by atoms with Crippen molar-refractivity contribution in [2.75, 3.05) is 19.8 Å². The van der Waals surface area contributed by atoms with Crippen molar-refractivity contribution in [3.8, 4) is 5.75 Å². The summed E-state index contributed by atoms with van der Waals surface area (Å²) in [5.41, 5.74) is 6.66. The largest absolute Gasteiger partial charge is 0.494 e. The summed E-state index contributed by atoms with van der Waals surface area (Å²) in [4.78, 5) is 0. The second-order valence-electron chi connectivity index (χ2n) is 5.27. The van der Waals surface area contributed by atoms with E-state index >= 15 is 0 Å². The van der Waals surface area contributed by atoms with Crippen LogP contribution in [0.1, 0.15) is 18.4 Å². The van der Waals surface area contributed by atoms with Gasteiger partial charge in [0.25, 0.3) is 0 Å². The molecule has 0 radical (unpaired) electrons. The number of hydrogen-bond acceptors (Lipinski definition) is 3. The van der Waals surface area contributed by atoms with Crippen LogP contribution < -0.4 is 10.5 Å². The molecule has 2 rings (SSSR count). The van der Waals surface area contributed by atoms with Crippen LogP contribution in [0.5, 0.6) is 5.75 Å². The van der Waals surface area contributed by atoms with E-state index < -0.39 is 0 Å². The molecule has 0 aliphatic carbocycles. The molecule has 3 heteroatoms. The number of benzene rings is 2. The van der Waals surface area contributed by atoms with Crippen molar-refractivity contribution in [2.24, 2.45) is 5.73 Å². The van der Waals surface area contributed by atoms with E-state index in [-0.39, 0.29) is 12.0 Å². The Balaban J connectivity index is 1.92. The lowest BCUT2D eigenvalue weighted by atomic mass is 9.77. The van der Waals surface area contributed by atoms with Crippen molar-refractivity contribution in [2.45, 2.75) is 18.3 Å². The summed E-state index contributed by atoms with van der Waals surface area (Å²) in [6, 6.07) is 19.8. The van der Waals surface area contributed by atoms with Gasteiger partial charge in [-0.05, 0) is 30.5 Å². The number of rotatable bonds is 8. The zero-order chi connectivity index (χ0) is 15.0. The molecular formula is C18H23NO2. The molecule has 0 bridgehead atoms. The molecule has 0 fully saturated rings. The van der Waals surface area contributed by atoms with Crippen molar-refractivity contribution in [3.63, 3.8) is 0 Å². The van der Waals surface area contributed by atoms with Crippen molar-refractivity contribution < 1.29 is 9.84 Å². The second kappa shape index (κ2) is 7.81. The summed E-state index contributed by atoms with van der Waals surface area (Å²) in [6.07, 6.45) is 1.65. The number of hydrogen-bond donors (Lipinski definition) is 2. The van der Waals surface area contributed by atoms with Gasteiger partial charge in [-0.3, -0.25) is 0 Å². The van der Waals surface area contributed by atoms with Gasteiger partial charge in [-0.25, -0.2) is 0 Å². The van der Waals surface area contributed by atoms with Gasteiger partial charge in [-0.15, -0.1) is 0 Å². The van der Waals surface area contributed by atoms with Gasteiger partial charge in [-0.1, -0.05) is 48.5 Å². The van der Waals surface area contributed by atoms with Crippen LogP contribution in [-0.2, 0) is 5.41 Å². The Morgan fingerprint density at radius 1 is 0.952 bits per heavy atom. The van der Waals surface area contributed by atoms with Gasteiger partial charge >= 0.3 is 0 Å². The highest BCUT2D eigenvalue weighted by atomic mass is 16.5. The maximum atomic E-state index is 9.83. The SMILES string of the molecule is NCC(CO)(CCCOc1ccccc1)c1ccccc1. The summed E-state index contributed by atoms with van der Waals surface area (Å²) in [7, 11) is 0. The highest BCUT2D eigenvalue weighted by Gasteiger charge is 2.29. The van der Waals surface area contributed by atoms with E-state index in [1.807, 2.05) is 60.7 Å². The predicted octanol–water partition coefficient (Wildman–Crippen LogP) is 2.73. The minimum absolute atomic E-state index is 0.0544. The molecule has 0 aromatic heterocycles. The second-order valence-corrected chi connectivity index (χ2v) is 5.27. The normalized spacial score (nSPS) is 13.6. The Labute approximate surface area is 126 Å². The molecule has 0 amide bonds. The lowest BCUT2D eigenvalue weighted by Crippen LogP contribution is -2.39. The van der Waals surface area contributed by atoms with E-state index in [2.05, 4.69) is 0 Å². The van der Waals surface area contributed by atoms with Gasteiger partial charge in [0.2, 0.25) is 0 Å². The first-order valence-electron chi connectivity index (χ1n) is 7.35. The Morgan fingerprint density at radius 3 is 2.14 bits per heavy atom. The average molecular weight is 285 g/mol. The molecule has 0 spiro atoms. The van der Waals surface area contributed by atoms with E-state index in [0.29, 0.717) is 13.2 Å². The van der Waals surface area contributed by atoms with Crippen molar-refractivity contribution in [3.05, 3.63) is 66.2 Å². The molecule has 1 unspecified atom stereocenters. The van der Waals surface area contributed by atoms with Crippen LogP contribution in [0, 0.1) is 0 Å². The topological polar surface area (TPSA) is 55.5 Å². The monoisotopic (exact) mass is 285 g/mol. The zero-order valence-corrected chi connectivity index (χ0v) is 12.2. The Kier molecular flexibility index (Phi) is 5.78. The van der Waals surface area contributed by atoms with Gasteiger partial charge in [0.1, 0.15) is 5.75 Å². The minimum Gasteiger partial charge on any atom is -0.494 e. The molecule has 3 N–H and O–H groups in total. The summed E-state index contributed by atoms with van der Waals surface area (Å²) in [5.74, 6) is 0.875. The van der Waals surface area contributed by atoms with Crippen molar-refractivity contribution >= 4 is 0 Å². The summed E-state index contributed by atoms with van der Waals surface area (Å²) in [6.45, 7) is 1.11. The third-order valence-electron chi connectivity index (χ3n) is 3.89. The first-order chi connectivity index (χ1) is 10.3. The summed E-state index contributed by atoms with van der Waals surface area (Å²) >= 11 is 0. The molecule has 2 aromatic carbocycles. The number of ether oxygens (including phenoxy) is 1. The van der Waals surface area contributed by atoms with Crippen LogP contribution in [0.15, 0.2) is 60.7 Å². The highest BCUT2D eigenvalue weighted by molar-refractivity contribution is 5.26. The number of aliphatic hydroxyl groups excluding tert-OH is 1. The first-order valence-corrected chi connectivity index (χ1v) is 7.35. The van der Waals surface area contributed by atoms with Gasteiger partial charge in [0.05, 0.1) is 13.2 Å². The van der Waals surface area contributed by atoms with Crippen LogP contribution in [0.4, 0.5) is 0 Å². The van der Waals surface area contributed by atoms with Crippen molar-refractivity contribution in [1.82, 2.24) is 0 Å². The predicted molar refractivity (Wildman–Crippen MR) is 85.4 cm³/mol. The number of para-hydroxylation sites is 1. The highest BCUT2D eigenvalue weighted by Crippen LogP contribution is 2.28. The van der Waals surface area contributed by atoms with Gasteiger partial charge in [0, 0.05) is 12.0 Å². The fourth-order valence-electron chi connectivity index (χ4n) is 2.51. The minimum atomic E-state index is -0.374. The first kappa shape index (κ1) is 15.5. The molecule has 3 nitrogen and oxygen atoms in total. The van der Waals surface area contributed by atoms with Gasteiger partial charge in [0.15, 0.2) is 0 Å². The van der Waals surface area contributed by atoms with Crippen LogP contribution in [0.2, 0.25) is 0 Å². The van der Waals surface area contributed by atoms with Crippen LogP contribution in [-0.4, -0.2) is 24.9 Å². The third-order valence-corrected chi connectivity index (χ3v) is 3.89. The average Bonchev–Trinajstić information content (AvgIpc) is 2.57. The fraction of sp³-hybridized carbons (Fsp3) is 0.333. The third kappa shape index (κ3) is 4.06. The lowest BCUT2D eigenvalue weighted by molar-refractivity contribution is 0.176. The van der Waals surface area contributed by atoms with Crippen LogP contribution >= 0.6 is 0 Å². The lowest BCUT2D eigenvalue weighted by Gasteiger charge is -2.31. The Morgan fingerprint density at radius 2 is 1.57 bits per heavy atom. The molecule has 21 heavy (non-hydrogen) atoms. The number of aliphatic hydroxyl groups is 1. The zero-order valence-electron chi connectivity index (χ0n) is 12.2. The van der Waals surface area contributed by atoms with Gasteiger partial charge < -0.3 is 15.6 Å². The molecule has 0 heterocycles. The molecular weight excluding hydrogens is 262 g/mol. The fourth-order valence-corrected chi connectivity index (χ4v) is 2.51. The van der Waals surface area contributed by atoms with E-state index in [1.54, 1.807) is 0 Å². The standard InChI is InChI=1S/C18H23NO2/c19-14-18(15-20,16-8-3-1-4-9-16)12-7-13-21-17-10-5-2-6-11-17/h1-6,8-11,20H,7,12-15,19H2. The summed E-state index contributed by atoms with van der Waals surface area (Å²) < 4.78 is 5.70. The van der Waals surface area contributed by atoms with E-state index in [1.165, 1.54) is 0 Å². The van der Waals surface area contributed by atoms with Crippen LogP contribution in [0.25, 0.3) is 0 Å². The van der Waals surface area contributed by atoms with E-state index in [4.69, 9.17) is 10.5 Å². The van der Waals surface area contributed by atoms with E-state index in [9.17, 15) is 5.11 Å². The molecule has 0 aliphatic rings. The molecule has 0 saturated heterocycles.